The Hall–Kier alpha value is -0.715. The second-order valence-corrected chi connectivity index (χ2v) is 3.42. The van der Waals surface area contributed by atoms with Gasteiger partial charge in [0.15, 0.2) is 0 Å². The lowest BCUT2D eigenvalue weighted by Crippen LogP contribution is -1.99. The highest BCUT2D eigenvalue weighted by Gasteiger charge is 1.97. The third-order valence-electron chi connectivity index (χ3n) is 1.85. The molecule has 1 heteroatoms. The normalized spacial score (nSPS) is 10.1. The van der Waals surface area contributed by atoms with Gasteiger partial charge in [0, 0.05) is 0 Å². The van der Waals surface area contributed by atoms with E-state index in [1.165, 1.54) is 19.2 Å². The zero-order valence-corrected chi connectivity index (χ0v) is 7.38. The molecule has 1 rings (SSSR count). The van der Waals surface area contributed by atoms with Crippen molar-refractivity contribution < 1.29 is 0 Å². The van der Waals surface area contributed by atoms with Crippen LogP contribution in [0, 0.1) is 0 Å². The first-order chi connectivity index (χ1) is 5.29. The van der Waals surface area contributed by atoms with Crippen molar-refractivity contribution in [3.05, 3.63) is 35.9 Å². The SMILES string of the molecule is CC(C)BCc1ccccc1. The van der Waals surface area contributed by atoms with Crippen LogP contribution in [-0.4, -0.2) is 7.28 Å². The van der Waals surface area contributed by atoms with Crippen LogP contribution in [0.15, 0.2) is 30.3 Å². The molecule has 0 fully saturated rings. The predicted molar refractivity (Wildman–Crippen MR) is 52.4 cm³/mol. The average molecular weight is 146 g/mol. The number of hydrogen-bond acceptors (Lipinski definition) is 0. The van der Waals surface area contributed by atoms with Crippen LogP contribution in [0.2, 0.25) is 5.82 Å². The molecule has 58 valence electrons. The summed E-state index contributed by atoms with van der Waals surface area (Å²) in [6.07, 6.45) is 1.22. The molecule has 0 saturated carbocycles. The lowest BCUT2D eigenvalue weighted by Gasteiger charge is -2.01. The minimum atomic E-state index is 0.815. The molecule has 0 aliphatic carbocycles. The first-order valence-corrected chi connectivity index (χ1v) is 4.33. The molecule has 1 aromatic carbocycles. The fourth-order valence-electron chi connectivity index (χ4n) is 1.10. The zero-order chi connectivity index (χ0) is 8.10. The van der Waals surface area contributed by atoms with Gasteiger partial charge in [-0.1, -0.05) is 61.9 Å². The Labute approximate surface area is 69.9 Å². The molecular weight excluding hydrogens is 131 g/mol. The van der Waals surface area contributed by atoms with E-state index >= 15 is 0 Å². The highest BCUT2D eigenvalue weighted by molar-refractivity contribution is 6.36. The van der Waals surface area contributed by atoms with Gasteiger partial charge in [-0.25, -0.2) is 0 Å². The van der Waals surface area contributed by atoms with Gasteiger partial charge >= 0.3 is 0 Å². The molecule has 0 aromatic heterocycles. The number of benzene rings is 1. The maximum Gasteiger partial charge on any atom is 0.128 e. The van der Waals surface area contributed by atoms with Gasteiger partial charge in [-0.15, -0.1) is 0 Å². The quantitative estimate of drug-likeness (QED) is 0.574. The Morgan fingerprint density at radius 3 is 2.36 bits per heavy atom. The molecule has 0 amide bonds. The Morgan fingerprint density at radius 2 is 1.82 bits per heavy atom. The van der Waals surface area contributed by atoms with Crippen LogP contribution in [-0.2, 0) is 6.32 Å². The molecule has 0 heterocycles. The van der Waals surface area contributed by atoms with Gasteiger partial charge in [0.25, 0.3) is 0 Å². The molecule has 11 heavy (non-hydrogen) atoms. The van der Waals surface area contributed by atoms with Gasteiger partial charge in [-0.3, -0.25) is 0 Å². The van der Waals surface area contributed by atoms with Gasteiger partial charge in [0.2, 0.25) is 0 Å². The van der Waals surface area contributed by atoms with Crippen LogP contribution in [0.25, 0.3) is 0 Å². The largest absolute Gasteiger partial charge is 0.128 e. The summed E-state index contributed by atoms with van der Waals surface area (Å²) >= 11 is 0. The molecule has 0 radical (unpaired) electrons. The van der Waals surface area contributed by atoms with Crippen LogP contribution < -0.4 is 0 Å². The van der Waals surface area contributed by atoms with Gasteiger partial charge in [-0.05, 0) is 0 Å². The molecule has 1 aromatic rings. The summed E-state index contributed by atoms with van der Waals surface area (Å²) in [5, 5.41) is 0. The topological polar surface area (TPSA) is 0 Å². The van der Waals surface area contributed by atoms with E-state index in [4.69, 9.17) is 0 Å². The van der Waals surface area contributed by atoms with Crippen molar-refractivity contribution in [2.75, 3.05) is 0 Å². The van der Waals surface area contributed by atoms with E-state index in [0.717, 1.165) is 5.82 Å². The second-order valence-electron chi connectivity index (χ2n) is 3.42. The summed E-state index contributed by atoms with van der Waals surface area (Å²) in [6, 6.07) is 10.7. The molecule has 0 atom stereocenters. The Morgan fingerprint density at radius 1 is 1.18 bits per heavy atom. The highest BCUT2D eigenvalue weighted by Crippen LogP contribution is 2.04. The van der Waals surface area contributed by atoms with Gasteiger partial charge in [0.1, 0.15) is 7.28 Å². The molecule has 0 N–H and O–H groups in total. The molecule has 0 spiro atoms. The molecule has 0 unspecified atom stereocenters. The van der Waals surface area contributed by atoms with E-state index in [9.17, 15) is 0 Å². The molecule has 0 aliphatic heterocycles. The smallest absolute Gasteiger partial charge is 0.0709 e. The lowest BCUT2D eigenvalue weighted by atomic mass is 9.62. The summed E-state index contributed by atoms with van der Waals surface area (Å²) in [4.78, 5) is 0. The third-order valence-corrected chi connectivity index (χ3v) is 1.85. The summed E-state index contributed by atoms with van der Waals surface area (Å²) in [6.45, 7) is 4.53. The van der Waals surface area contributed by atoms with Gasteiger partial charge in [0.05, 0.1) is 0 Å². The minimum Gasteiger partial charge on any atom is -0.0709 e. The summed E-state index contributed by atoms with van der Waals surface area (Å²) in [5.41, 5.74) is 1.46. The Kier molecular flexibility index (Phi) is 3.22. The maximum absolute atomic E-state index is 2.27. The Bertz CT molecular complexity index is 191. The first kappa shape index (κ1) is 8.38. The zero-order valence-electron chi connectivity index (χ0n) is 7.38. The van der Waals surface area contributed by atoms with Gasteiger partial charge < -0.3 is 0 Å². The predicted octanol–water partition coefficient (Wildman–Crippen LogP) is 2.45. The average Bonchev–Trinajstić information content (AvgIpc) is 2.03. The van der Waals surface area contributed by atoms with Crippen molar-refractivity contribution in [1.29, 1.82) is 0 Å². The molecule has 0 aliphatic rings. The van der Waals surface area contributed by atoms with Crippen LogP contribution in [0.1, 0.15) is 19.4 Å². The number of hydrogen-bond donors (Lipinski definition) is 0. The van der Waals surface area contributed by atoms with Gasteiger partial charge in [-0.2, -0.15) is 0 Å². The fraction of sp³-hybridized carbons (Fsp3) is 0.400. The third kappa shape index (κ3) is 3.27. The molecular formula is C10H15B. The van der Waals surface area contributed by atoms with Crippen LogP contribution in [0.3, 0.4) is 0 Å². The lowest BCUT2D eigenvalue weighted by molar-refractivity contribution is 1.04. The van der Waals surface area contributed by atoms with E-state index in [2.05, 4.69) is 44.2 Å². The van der Waals surface area contributed by atoms with E-state index < -0.39 is 0 Å². The monoisotopic (exact) mass is 146 g/mol. The first-order valence-electron chi connectivity index (χ1n) is 4.33. The summed E-state index contributed by atoms with van der Waals surface area (Å²) < 4.78 is 0. The Balaban J connectivity index is 2.39. The summed E-state index contributed by atoms with van der Waals surface area (Å²) in [5.74, 6) is 0.815. The van der Waals surface area contributed by atoms with Crippen molar-refractivity contribution >= 4 is 7.28 Å². The second kappa shape index (κ2) is 4.22. The van der Waals surface area contributed by atoms with E-state index in [1.54, 1.807) is 0 Å². The van der Waals surface area contributed by atoms with E-state index in [-0.39, 0.29) is 0 Å². The van der Waals surface area contributed by atoms with Crippen molar-refractivity contribution in [1.82, 2.24) is 0 Å². The molecule has 0 saturated heterocycles. The standard InChI is InChI=1S/C10H15B/c1-9(2)11-8-10-6-4-3-5-7-10/h3-7,9,11H,8H2,1-2H3. The van der Waals surface area contributed by atoms with Crippen LogP contribution >= 0.6 is 0 Å². The van der Waals surface area contributed by atoms with Crippen molar-refractivity contribution in [2.45, 2.75) is 26.0 Å². The van der Waals surface area contributed by atoms with Crippen molar-refractivity contribution in [3.8, 4) is 0 Å². The van der Waals surface area contributed by atoms with Crippen molar-refractivity contribution in [3.63, 3.8) is 0 Å². The van der Waals surface area contributed by atoms with E-state index in [0.29, 0.717) is 0 Å². The molecule has 0 bridgehead atoms. The number of rotatable bonds is 3. The molecule has 0 nitrogen and oxygen atoms in total. The van der Waals surface area contributed by atoms with E-state index in [1.807, 2.05) is 0 Å². The maximum atomic E-state index is 2.27. The highest BCUT2D eigenvalue weighted by atomic mass is 13.9. The van der Waals surface area contributed by atoms with Crippen LogP contribution in [0.5, 0.6) is 0 Å². The minimum absolute atomic E-state index is 0.815. The van der Waals surface area contributed by atoms with Crippen LogP contribution in [0.4, 0.5) is 0 Å². The fourth-order valence-corrected chi connectivity index (χ4v) is 1.10. The van der Waals surface area contributed by atoms with Crippen molar-refractivity contribution in [2.24, 2.45) is 0 Å². The summed E-state index contributed by atoms with van der Waals surface area (Å²) in [7, 11) is 1.30.